The van der Waals surface area contributed by atoms with Crippen molar-refractivity contribution in [2.75, 3.05) is 13.2 Å². The summed E-state index contributed by atoms with van der Waals surface area (Å²) in [4.78, 5) is 0. The molecule has 0 saturated carbocycles. The summed E-state index contributed by atoms with van der Waals surface area (Å²) in [7, 11) is 0. The van der Waals surface area contributed by atoms with Gasteiger partial charge in [-0.25, -0.2) is 8.78 Å². The van der Waals surface area contributed by atoms with Gasteiger partial charge in [0, 0.05) is 6.54 Å². The van der Waals surface area contributed by atoms with Crippen molar-refractivity contribution in [3.63, 3.8) is 0 Å². The molecule has 0 fully saturated rings. The molecule has 0 spiro atoms. The predicted molar refractivity (Wildman–Crippen MR) is 77.9 cm³/mol. The van der Waals surface area contributed by atoms with E-state index in [9.17, 15) is 8.78 Å². The van der Waals surface area contributed by atoms with E-state index in [0.717, 1.165) is 13.0 Å². The van der Waals surface area contributed by atoms with Crippen LogP contribution in [-0.4, -0.2) is 13.2 Å². The molecule has 21 heavy (non-hydrogen) atoms. The second-order valence-corrected chi connectivity index (χ2v) is 5.66. The number of hydrogen-bond donors (Lipinski definition) is 1. The lowest BCUT2D eigenvalue weighted by molar-refractivity contribution is 0.243. The number of rotatable bonds is 8. The summed E-state index contributed by atoms with van der Waals surface area (Å²) in [5.41, 5.74) is -0.0279. The van der Waals surface area contributed by atoms with Gasteiger partial charge < -0.3 is 10.1 Å². The highest BCUT2D eigenvalue weighted by Gasteiger charge is 2.18. The minimum absolute atomic E-state index is 0.0990. The molecular formula is C16H22F2N2O. The van der Waals surface area contributed by atoms with Crippen LogP contribution in [0, 0.1) is 28.4 Å². The molecule has 0 unspecified atom stereocenters. The fraction of sp³-hybridized carbons (Fsp3) is 0.562. The van der Waals surface area contributed by atoms with Gasteiger partial charge in [-0.05, 0) is 50.9 Å². The molecule has 116 valence electrons. The Hall–Kier alpha value is -1.67. The van der Waals surface area contributed by atoms with Crippen LogP contribution in [0.2, 0.25) is 0 Å². The minimum atomic E-state index is -0.710. The molecule has 1 aromatic carbocycles. The lowest BCUT2D eigenvalue weighted by Crippen LogP contribution is -2.15. The Labute approximate surface area is 124 Å². The van der Waals surface area contributed by atoms with Crippen LogP contribution in [0.5, 0.6) is 5.75 Å². The zero-order chi connectivity index (χ0) is 15.9. The quantitative estimate of drug-likeness (QED) is 0.742. The third-order valence-corrected chi connectivity index (χ3v) is 3.09. The van der Waals surface area contributed by atoms with Gasteiger partial charge in [0.15, 0.2) is 17.4 Å². The molecule has 0 aliphatic carbocycles. The Bertz CT molecular complexity index is 486. The zero-order valence-electron chi connectivity index (χ0n) is 12.8. The predicted octanol–water partition coefficient (Wildman–Crippen LogP) is 3.78. The van der Waals surface area contributed by atoms with Gasteiger partial charge in [-0.3, -0.25) is 0 Å². The lowest BCUT2D eigenvalue weighted by Gasteiger charge is -2.16. The Morgan fingerprint density at radius 2 is 1.90 bits per heavy atom. The van der Waals surface area contributed by atoms with Gasteiger partial charge in [0.25, 0.3) is 0 Å². The second-order valence-electron chi connectivity index (χ2n) is 5.66. The molecule has 1 rings (SSSR count). The summed E-state index contributed by atoms with van der Waals surface area (Å²) < 4.78 is 32.9. The third kappa shape index (κ3) is 5.68. The lowest BCUT2D eigenvalue weighted by atomic mass is 9.92. The SMILES string of the molecule is CCCNCc1cc(F)c(OCCC(C)(C)C#N)c(F)c1. The fourth-order valence-corrected chi connectivity index (χ4v) is 1.73. The van der Waals surface area contributed by atoms with Crippen LogP contribution in [-0.2, 0) is 6.54 Å². The van der Waals surface area contributed by atoms with E-state index in [2.05, 4.69) is 11.4 Å². The van der Waals surface area contributed by atoms with Gasteiger partial charge >= 0.3 is 0 Å². The van der Waals surface area contributed by atoms with Gasteiger partial charge in [-0.1, -0.05) is 6.92 Å². The molecule has 0 amide bonds. The summed E-state index contributed by atoms with van der Waals surface area (Å²) in [6.07, 6.45) is 1.36. The van der Waals surface area contributed by atoms with Crippen LogP contribution in [0.4, 0.5) is 8.78 Å². The summed E-state index contributed by atoms with van der Waals surface area (Å²) in [5, 5.41) is 12.0. The van der Waals surface area contributed by atoms with E-state index in [-0.39, 0.29) is 12.4 Å². The first kappa shape index (κ1) is 17.4. The maximum atomic E-state index is 13.9. The topological polar surface area (TPSA) is 45.0 Å². The van der Waals surface area contributed by atoms with Crippen molar-refractivity contribution in [1.29, 1.82) is 5.26 Å². The highest BCUT2D eigenvalue weighted by Crippen LogP contribution is 2.25. The first-order valence-corrected chi connectivity index (χ1v) is 7.12. The van der Waals surface area contributed by atoms with Crippen LogP contribution < -0.4 is 10.1 Å². The van der Waals surface area contributed by atoms with E-state index in [1.54, 1.807) is 13.8 Å². The number of nitrogens with zero attached hydrogens (tertiary/aromatic N) is 1. The van der Waals surface area contributed by atoms with Crippen LogP contribution in [0.3, 0.4) is 0 Å². The van der Waals surface area contributed by atoms with Crippen LogP contribution in [0.1, 0.15) is 39.2 Å². The Balaban J connectivity index is 2.65. The molecular weight excluding hydrogens is 274 g/mol. The second kappa shape index (κ2) is 7.94. The van der Waals surface area contributed by atoms with Crippen molar-refractivity contribution in [2.24, 2.45) is 5.41 Å². The molecule has 1 N–H and O–H groups in total. The van der Waals surface area contributed by atoms with Crippen molar-refractivity contribution in [1.82, 2.24) is 5.32 Å². The fourth-order valence-electron chi connectivity index (χ4n) is 1.73. The molecule has 5 heteroatoms. The largest absolute Gasteiger partial charge is 0.488 e. The van der Waals surface area contributed by atoms with E-state index >= 15 is 0 Å². The van der Waals surface area contributed by atoms with Gasteiger partial charge in [0.1, 0.15) is 0 Å². The smallest absolute Gasteiger partial charge is 0.190 e. The van der Waals surface area contributed by atoms with Crippen molar-refractivity contribution >= 4 is 0 Å². The Morgan fingerprint density at radius 1 is 1.29 bits per heavy atom. The minimum Gasteiger partial charge on any atom is -0.488 e. The molecule has 0 aliphatic rings. The van der Waals surface area contributed by atoms with Crippen LogP contribution in [0.15, 0.2) is 12.1 Å². The number of nitriles is 1. The number of halogens is 2. The maximum Gasteiger partial charge on any atom is 0.190 e. The van der Waals surface area contributed by atoms with E-state index in [0.29, 0.717) is 18.5 Å². The first-order valence-electron chi connectivity index (χ1n) is 7.12. The van der Waals surface area contributed by atoms with Crippen molar-refractivity contribution in [2.45, 2.75) is 40.2 Å². The molecule has 0 saturated heterocycles. The number of benzene rings is 1. The zero-order valence-corrected chi connectivity index (χ0v) is 12.8. The molecule has 1 aromatic rings. The first-order chi connectivity index (χ1) is 9.89. The Kier molecular flexibility index (Phi) is 6.57. The molecule has 0 atom stereocenters. The molecule has 0 aromatic heterocycles. The van der Waals surface area contributed by atoms with E-state index in [1.807, 2.05) is 6.92 Å². The van der Waals surface area contributed by atoms with Gasteiger partial charge in [-0.2, -0.15) is 5.26 Å². The highest BCUT2D eigenvalue weighted by molar-refractivity contribution is 5.31. The number of hydrogen-bond acceptors (Lipinski definition) is 3. The normalized spacial score (nSPS) is 11.2. The van der Waals surface area contributed by atoms with E-state index < -0.39 is 17.0 Å². The average Bonchev–Trinajstić information content (AvgIpc) is 2.42. The Morgan fingerprint density at radius 3 is 2.43 bits per heavy atom. The monoisotopic (exact) mass is 296 g/mol. The summed E-state index contributed by atoms with van der Waals surface area (Å²) in [6.45, 7) is 6.85. The van der Waals surface area contributed by atoms with Gasteiger partial charge in [0.2, 0.25) is 0 Å². The van der Waals surface area contributed by atoms with Crippen molar-refractivity contribution in [3.8, 4) is 11.8 Å². The molecule has 0 bridgehead atoms. The van der Waals surface area contributed by atoms with E-state index in [1.165, 1.54) is 12.1 Å². The standard InChI is InChI=1S/C16H22F2N2O/c1-4-6-20-10-12-8-13(17)15(14(18)9-12)21-7-5-16(2,3)11-19/h8-9,20H,4-7,10H2,1-3H3. The van der Waals surface area contributed by atoms with Crippen LogP contribution >= 0.6 is 0 Å². The van der Waals surface area contributed by atoms with Crippen molar-refractivity contribution < 1.29 is 13.5 Å². The van der Waals surface area contributed by atoms with Crippen molar-refractivity contribution in [3.05, 3.63) is 29.3 Å². The molecule has 3 nitrogen and oxygen atoms in total. The third-order valence-electron chi connectivity index (χ3n) is 3.09. The number of ether oxygens (including phenoxy) is 1. The highest BCUT2D eigenvalue weighted by atomic mass is 19.1. The van der Waals surface area contributed by atoms with Gasteiger partial charge in [-0.15, -0.1) is 0 Å². The summed E-state index contributed by atoms with van der Waals surface area (Å²) in [6, 6.07) is 4.67. The average molecular weight is 296 g/mol. The van der Waals surface area contributed by atoms with Crippen LogP contribution in [0.25, 0.3) is 0 Å². The number of nitrogens with one attached hydrogen (secondary N) is 1. The molecule has 0 aliphatic heterocycles. The van der Waals surface area contributed by atoms with E-state index in [4.69, 9.17) is 10.00 Å². The molecule has 0 radical (unpaired) electrons. The summed E-state index contributed by atoms with van der Waals surface area (Å²) >= 11 is 0. The van der Waals surface area contributed by atoms with Gasteiger partial charge in [0.05, 0.1) is 18.1 Å². The summed E-state index contributed by atoms with van der Waals surface area (Å²) in [5.74, 6) is -1.79. The maximum absolute atomic E-state index is 13.9. The molecule has 0 heterocycles.